The van der Waals surface area contributed by atoms with Crippen LogP contribution in [0.3, 0.4) is 0 Å². The van der Waals surface area contributed by atoms with Crippen LogP contribution in [0.15, 0.2) is 0 Å². The van der Waals surface area contributed by atoms with Crippen LogP contribution >= 0.6 is 0 Å². The Kier molecular flexibility index (Phi) is 2.69. The molecular weight excluding hydrogens is 160 g/mol. The number of hydrogen-bond acceptors (Lipinski definition) is 3. The van der Waals surface area contributed by atoms with E-state index in [-0.39, 0.29) is 12.2 Å². The molecule has 0 aromatic rings. The molecule has 0 aromatic carbocycles. The summed E-state index contributed by atoms with van der Waals surface area (Å²) in [6.45, 7) is 4.80. The van der Waals surface area contributed by atoms with Gasteiger partial charge in [0.2, 0.25) is 0 Å². The topological polar surface area (TPSA) is 55.8 Å². The summed E-state index contributed by atoms with van der Waals surface area (Å²) in [5.41, 5.74) is -0.349. The van der Waals surface area contributed by atoms with Gasteiger partial charge < -0.3 is 14.6 Å². The van der Waals surface area contributed by atoms with E-state index in [0.717, 1.165) is 0 Å². The van der Waals surface area contributed by atoms with Crippen LogP contribution in [0.1, 0.15) is 13.8 Å². The largest absolute Gasteiger partial charge is 0.480 e. The van der Waals surface area contributed by atoms with Crippen molar-refractivity contribution in [1.82, 2.24) is 0 Å². The minimum atomic E-state index is -0.929. The molecule has 1 fully saturated rings. The summed E-state index contributed by atoms with van der Waals surface area (Å²) in [5.74, 6) is -0.632. The second kappa shape index (κ2) is 3.41. The van der Waals surface area contributed by atoms with E-state index in [9.17, 15) is 4.79 Å². The van der Waals surface area contributed by atoms with Crippen molar-refractivity contribution in [2.45, 2.75) is 19.4 Å². The highest BCUT2D eigenvalue weighted by Crippen LogP contribution is 2.29. The second-order valence-corrected chi connectivity index (χ2v) is 3.39. The molecule has 1 heterocycles. The molecule has 0 unspecified atom stereocenters. The molecule has 12 heavy (non-hydrogen) atoms. The highest BCUT2D eigenvalue weighted by molar-refractivity contribution is 5.68. The average molecular weight is 174 g/mol. The first kappa shape index (κ1) is 9.48. The fourth-order valence-electron chi connectivity index (χ4n) is 1.09. The quantitative estimate of drug-likeness (QED) is 0.674. The zero-order chi connectivity index (χ0) is 9.19. The number of carboxylic acid groups (broad SMARTS) is 1. The molecule has 0 radical (unpaired) electrons. The first-order valence-electron chi connectivity index (χ1n) is 4.00. The summed E-state index contributed by atoms with van der Waals surface area (Å²) in [7, 11) is 0. The minimum Gasteiger partial charge on any atom is -0.480 e. The van der Waals surface area contributed by atoms with E-state index in [2.05, 4.69) is 0 Å². The lowest BCUT2D eigenvalue weighted by Gasteiger charge is -2.43. The zero-order valence-electron chi connectivity index (χ0n) is 7.37. The lowest BCUT2D eigenvalue weighted by molar-refractivity contribution is -0.232. The molecule has 0 amide bonds. The maximum absolute atomic E-state index is 10.2. The second-order valence-electron chi connectivity index (χ2n) is 3.39. The number of rotatable bonds is 4. The Hall–Kier alpha value is -0.610. The summed E-state index contributed by atoms with van der Waals surface area (Å²) >= 11 is 0. The van der Waals surface area contributed by atoms with Crippen LogP contribution in [0.25, 0.3) is 0 Å². The van der Waals surface area contributed by atoms with Gasteiger partial charge in [-0.25, -0.2) is 4.79 Å². The molecule has 4 nitrogen and oxygen atoms in total. The standard InChI is InChI=1S/C8H14O4/c1-6(2)8(4-11-5-8)12-3-7(9)10/h6H,3-5H2,1-2H3,(H,9,10). The number of aliphatic carboxylic acids is 1. The Morgan fingerprint density at radius 2 is 2.25 bits per heavy atom. The van der Waals surface area contributed by atoms with Crippen LogP contribution in [0, 0.1) is 5.92 Å². The fourth-order valence-corrected chi connectivity index (χ4v) is 1.09. The summed E-state index contributed by atoms with van der Waals surface area (Å²) in [6.07, 6.45) is 0. The predicted molar refractivity (Wildman–Crippen MR) is 42.0 cm³/mol. The van der Waals surface area contributed by atoms with Crippen molar-refractivity contribution in [1.29, 1.82) is 0 Å². The van der Waals surface area contributed by atoms with Crippen molar-refractivity contribution >= 4 is 5.97 Å². The zero-order valence-corrected chi connectivity index (χ0v) is 7.37. The van der Waals surface area contributed by atoms with Gasteiger partial charge in [0.15, 0.2) is 0 Å². The Morgan fingerprint density at radius 3 is 2.50 bits per heavy atom. The lowest BCUT2D eigenvalue weighted by Crippen LogP contribution is -2.56. The van der Waals surface area contributed by atoms with Crippen molar-refractivity contribution in [3.05, 3.63) is 0 Å². The molecule has 1 saturated heterocycles. The summed E-state index contributed by atoms with van der Waals surface area (Å²) in [5, 5.41) is 8.41. The van der Waals surface area contributed by atoms with Gasteiger partial charge in [0.1, 0.15) is 12.2 Å². The lowest BCUT2D eigenvalue weighted by atomic mass is 9.88. The van der Waals surface area contributed by atoms with E-state index < -0.39 is 5.97 Å². The van der Waals surface area contributed by atoms with Crippen LogP contribution in [-0.2, 0) is 14.3 Å². The van der Waals surface area contributed by atoms with Gasteiger partial charge in [-0.1, -0.05) is 13.8 Å². The molecule has 0 bridgehead atoms. The molecule has 1 rings (SSSR count). The van der Waals surface area contributed by atoms with Gasteiger partial charge in [-0.3, -0.25) is 0 Å². The van der Waals surface area contributed by atoms with E-state index in [1.807, 2.05) is 13.8 Å². The van der Waals surface area contributed by atoms with E-state index >= 15 is 0 Å². The highest BCUT2D eigenvalue weighted by atomic mass is 16.6. The maximum Gasteiger partial charge on any atom is 0.329 e. The highest BCUT2D eigenvalue weighted by Gasteiger charge is 2.43. The Morgan fingerprint density at radius 1 is 1.67 bits per heavy atom. The van der Waals surface area contributed by atoms with Crippen molar-refractivity contribution in [3.63, 3.8) is 0 Å². The van der Waals surface area contributed by atoms with Gasteiger partial charge >= 0.3 is 5.97 Å². The van der Waals surface area contributed by atoms with Gasteiger partial charge in [0, 0.05) is 0 Å². The first-order chi connectivity index (χ1) is 5.57. The molecule has 0 saturated carbocycles. The Labute approximate surface area is 71.5 Å². The molecule has 1 aliphatic rings. The van der Waals surface area contributed by atoms with Crippen LogP contribution in [0.2, 0.25) is 0 Å². The first-order valence-corrected chi connectivity index (χ1v) is 4.00. The number of hydrogen-bond donors (Lipinski definition) is 1. The predicted octanol–water partition coefficient (Wildman–Crippen LogP) is 0.513. The van der Waals surface area contributed by atoms with Crippen LogP contribution < -0.4 is 0 Å². The van der Waals surface area contributed by atoms with Gasteiger partial charge in [-0.2, -0.15) is 0 Å². The van der Waals surface area contributed by atoms with E-state index in [4.69, 9.17) is 14.6 Å². The molecule has 0 spiro atoms. The Balaban J connectivity index is 2.40. The molecule has 0 aromatic heterocycles. The maximum atomic E-state index is 10.2. The smallest absolute Gasteiger partial charge is 0.329 e. The van der Waals surface area contributed by atoms with Crippen molar-refractivity contribution in [3.8, 4) is 0 Å². The molecule has 1 aliphatic heterocycles. The molecule has 0 atom stereocenters. The molecule has 4 heteroatoms. The van der Waals surface area contributed by atoms with Crippen molar-refractivity contribution in [2.75, 3.05) is 19.8 Å². The third-order valence-corrected chi connectivity index (χ3v) is 2.23. The molecular formula is C8H14O4. The monoisotopic (exact) mass is 174 g/mol. The van der Waals surface area contributed by atoms with Crippen molar-refractivity contribution in [2.24, 2.45) is 5.92 Å². The van der Waals surface area contributed by atoms with Gasteiger partial charge in [-0.05, 0) is 5.92 Å². The van der Waals surface area contributed by atoms with Crippen molar-refractivity contribution < 1.29 is 19.4 Å². The number of ether oxygens (including phenoxy) is 2. The van der Waals surface area contributed by atoms with E-state index in [1.54, 1.807) is 0 Å². The third-order valence-electron chi connectivity index (χ3n) is 2.23. The van der Waals surface area contributed by atoms with Crippen LogP contribution in [-0.4, -0.2) is 36.5 Å². The van der Waals surface area contributed by atoms with Gasteiger partial charge in [-0.15, -0.1) is 0 Å². The Bertz CT molecular complexity index is 172. The third kappa shape index (κ3) is 1.76. The normalized spacial score (nSPS) is 20.6. The molecule has 70 valence electrons. The molecule has 1 N–H and O–H groups in total. The van der Waals surface area contributed by atoms with Crippen LogP contribution in [0.5, 0.6) is 0 Å². The SMILES string of the molecule is CC(C)C1(OCC(=O)O)COC1. The number of carbonyl (C=O) groups is 1. The molecule has 0 aliphatic carbocycles. The minimum absolute atomic E-state index is 0.235. The van der Waals surface area contributed by atoms with Gasteiger partial charge in [0.05, 0.1) is 13.2 Å². The van der Waals surface area contributed by atoms with Gasteiger partial charge in [0.25, 0.3) is 0 Å². The fraction of sp³-hybridized carbons (Fsp3) is 0.875. The number of carboxylic acids is 1. The summed E-state index contributed by atoms with van der Waals surface area (Å²) < 4.78 is 10.3. The summed E-state index contributed by atoms with van der Waals surface area (Å²) in [6, 6.07) is 0. The average Bonchev–Trinajstić information content (AvgIpc) is 1.83. The summed E-state index contributed by atoms with van der Waals surface area (Å²) in [4.78, 5) is 10.2. The van der Waals surface area contributed by atoms with E-state index in [0.29, 0.717) is 19.1 Å². The van der Waals surface area contributed by atoms with E-state index in [1.165, 1.54) is 0 Å². The van der Waals surface area contributed by atoms with Crippen LogP contribution in [0.4, 0.5) is 0 Å².